The number of carbonyl (C=O) groups is 1. The molecule has 1 atom stereocenters. The second-order valence-corrected chi connectivity index (χ2v) is 4.83. The van der Waals surface area contributed by atoms with Crippen molar-refractivity contribution in [2.75, 3.05) is 26.8 Å². The van der Waals surface area contributed by atoms with Gasteiger partial charge in [-0.25, -0.2) is 0 Å². The summed E-state index contributed by atoms with van der Waals surface area (Å²) in [5.41, 5.74) is 0.569. The number of hydrogen-bond acceptors (Lipinski definition) is 4. The van der Waals surface area contributed by atoms with Crippen LogP contribution in [0, 0.1) is 11.3 Å². The summed E-state index contributed by atoms with van der Waals surface area (Å²) in [6.07, 6.45) is 2.22. The molecule has 1 aromatic carbocycles. The molecule has 1 amide bonds. The number of amides is 1. The lowest BCUT2D eigenvalue weighted by Gasteiger charge is -2.20. The van der Waals surface area contributed by atoms with Crippen molar-refractivity contribution in [1.29, 1.82) is 5.26 Å². The average Bonchev–Trinajstić information content (AvgIpc) is 2.98. The van der Waals surface area contributed by atoms with E-state index in [0.717, 1.165) is 19.4 Å². The number of ether oxygens (including phenoxy) is 2. The summed E-state index contributed by atoms with van der Waals surface area (Å²) < 4.78 is 10.9. The van der Waals surface area contributed by atoms with Crippen molar-refractivity contribution in [3.8, 4) is 11.8 Å². The first-order valence-electron chi connectivity index (χ1n) is 6.67. The highest BCUT2D eigenvalue weighted by atomic mass is 16.5. The molecule has 0 spiro atoms. The van der Waals surface area contributed by atoms with Gasteiger partial charge < -0.3 is 14.4 Å². The zero-order chi connectivity index (χ0) is 14.4. The fourth-order valence-corrected chi connectivity index (χ4v) is 2.08. The molecule has 1 aliphatic rings. The maximum atomic E-state index is 11.9. The zero-order valence-electron chi connectivity index (χ0n) is 11.5. The van der Waals surface area contributed by atoms with E-state index in [0.29, 0.717) is 17.9 Å². The molecule has 1 fully saturated rings. The Hall–Kier alpha value is -2.06. The van der Waals surface area contributed by atoms with Gasteiger partial charge in [-0.05, 0) is 37.1 Å². The molecule has 5 nitrogen and oxygen atoms in total. The van der Waals surface area contributed by atoms with E-state index in [4.69, 9.17) is 14.7 Å². The number of nitriles is 1. The maximum Gasteiger partial charge on any atom is 0.260 e. The maximum absolute atomic E-state index is 11.9. The van der Waals surface area contributed by atoms with Crippen molar-refractivity contribution in [3.05, 3.63) is 29.8 Å². The van der Waals surface area contributed by atoms with Crippen LogP contribution in [0.2, 0.25) is 0 Å². The minimum absolute atomic E-state index is 0.00484. The molecule has 0 aromatic heterocycles. The van der Waals surface area contributed by atoms with Crippen molar-refractivity contribution in [2.24, 2.45) is 0 Å². The largest absolute Gasteiger partial charge is 0.484 e. The number of likely N-dealkylation sites (N-methyl/N-ethyl adjacent to an activating group) is 1. The zero-order valence-corrected chi connectivity index (χ0v) is 11.5. The Labute approximate surface area is 118 Å². The number of benzene rings is 1. The molecule has 1 saturated heterocycles. The molecule has 1 aromatic rings. The minimum atomic E-state index is -0.0788. The van der Waals surface area contributed by atoms with Crippen molar-refractivity contribution in [1.82, 2.24) is 4.90 Å². The standard InChI is InChI=1S/C15H18N2O3/c1-17(10-14-3-2-8-19-14)15(18)11-20-13-6-4-12(9-16)5-7-13/h4-7,14H,2-3,8,10-11H2,1H3. The first kappa shape index (κ1) is 14.4. The average molecular weight is 274 g/mol. The van der Waals surface area contributed by atoms with Crippen molar-refractivity contribution < 1.29 is 14.3 Å². The van der Waals surface area contributed by atoms with E-state index in [-0.39, 0.29) is 18.6 Å². The molecule has 2 rings (SSSR count). The van der Waals surface area contributed by atoms with Gasteiger partial charge in [-0.1, -0.05) is 0 Å². The van der Waals surface area contributed by atoms with Crippen LogP contribution in [-0.2, 0) is 9.53 Å². The van der Waals surface area contributed by atoms with E-state index in [1.54, 1.807) is 36.2 Å². The summed E-state index contributed by atoms with van der Waals surface area (Å²) >= 11 is 0. The highest BCUT2D eigenvalue weighted by Crippen LogP contribution is 2.14. The van der Waals surface area contributed by atoms with Gasteiger partial charge in [0.05, 0.1) is 17.7 Å². The Bertz CT molecular complexity index is 487. The normalized spacial score (nSPS) is 17.5. The van der Waals surface area contributed by atoms with Gasteiger partial charge in [0.15, 0.2) is 6.61 Å². The summed E-state index contributed by atoms with van der Waals surface area (Å²) in [7, 11) is 1.76. The molecule has 0 bridgehead atoms. The monoisotopic (exact) mass is 274 g/mol. The van der Waals surface area contributed by atoms with E-state index in [1.807, 2.05) is 6.07 Å². The smallest absolute Gasteiger partial charge is 0.260 e. The SMILES string of the molecule is CN(CC1CCCO1)C(=O)COc1ccc(C#N)cc1. The molecule has 0 radical (unpaired) electrons. The Morgan fingerprint density at radius 3 is 2.85 bits per heavy atom. The van der Waals surface area contributed by atoms with Crippen LogP contribution in [0.3, 0.4) is 0 Å². The highest BCUT2D eigenvalue weighted by Gasteiger charge is 2.20. The lowest BCUT2D eigenvalue weighted by molar-refractivity contribution is -0.133. The van der Waals surface area contributed by atoms with Crippen molar-refractivity contribution in [3.63, 3.8) is 0 Å². The van der Waals surface area contributed by atoms with Crippen LogP contribution in [0.1, 0.15) is 18.4 Å². The van der Waals surface area contributed by atoms with Crippen LogP contribution in [0.5, 0.6) is 5.75 Å². The minimum Gasteiger partial charge on any atom is -0.484 e. The first-order chi connectivity index (χ1) is 9.69. The van der Waals surface area contributed by atoms with Gasteiger partial charge in [0, 0.05) is 20.2 Å². The number of rotatable bonds is 5. The molecular weight excluding hydrogens is 256 g/mol. The lowest BCUT2D eigenvalue weighted by atomic mass is 10.2. The third-order valence-corrected chi connectivity index (χ3v) is 3.27. The van der Waals surface area contributed by atoms with Crippen molar-refractivity contribution >= 4 is 5.91 Å². The lowest BCUT2D eigenvalue weighted by Crippen LogP contribution is -2.37. The Balaban J connectivity index is 1.77. The van der Waals surface area contributed by atoms with Gasteiger partial charge in [0.2, 0.25) is 0 Å². The van der Waals surface area contributed by atoms with E-state index < -0.39 is 0 Å². The molecule has 0 N–H and O–H groups in total. The van der Waals surface area contributed by atoms with Crippen LogP contribution in [0.4, 0.5) is 0 Å². The molecule has 20 heavy (non-hydrogen) atoms. The van der Waals surface area contributed by atoms with E-state index in [1.165, 1.54) is 0 Å². The fourth-order valence-electron chi connectivity index (χ4n) is 2.08. The van der Waals surface area contributed by atoms with E-state index in [2.05, 4.69) is 0 Å². The molecule has 106 valence electrons. The van der Waals surface area contributed by atoms with E-state index >= 15 is 0 Å². The van der Waals surface area contributed by atoms with Crippen LogP contribution in [0.15, 0.2) is 24.3 Å². The molecular formula is C15H18N2O3. The molecule has 1 heterocycles. The van der Waals surface area contributed by atoms with Gasteiger partial charge >= 0.3 is 0 Å². The summed E-state index contributed by atoms with van der Waals surface area (Å²) in [6, 6.07) is 8.73. The van der Waals surface area contributed by atoms with Gasteiger partial charge in [-0.15, -0.1) is 0 Å². The predicted octanol–water partition coefficient (Wildman–Crippen LogP) is 1.57. The predicted molar refractivity (Wildman–Crippen MR) is 73.3 cm³/mol. The Morgan fingerprint density at radius 2 is 2.25 bits per heavy atom. The Morgan fingerprint density at radius 1 is 1.50 bits per heavy atom. The molecule has 5 heteroatoms. The highest BCUT2D eigenvalue weighted by molar-refractivity contribution is 5.77. The van der Waals surface area contributed by atoms with E-state index in [9.17, 15) is 4.79 Å². The molecule has 0 saturated carbocycles. The molecule has 1 unspecified atom stereocenters. The summed E-state index contributed by atoms with van der Waals surface area (Å²) in [5.74, 6) is 0.507. The third kappa shape index (κ3) is 3.97. The molecule has 1 aliphatic heterocycles. The third-order valence-electron chi connectivity index (χ3n) is 3.27. The van der Waals surface area contributed by atoms with Crippen LogP contribution in [0.25, 0.3) is 0 Å². The second kappa shape index (κ2) is 6.92. The van der Waals surface area contributed by atoms with Crippen LogP contribution >= 0.6 is 0 Å². The molecule has 0 aliphatic carbocycles. The van der Waals surface area contributed by atoms with Crippen LogP contribution in [-0.4, -0.2) is 43.7 Å². The topological polar surface area (TPSA) is 62.6 Å². The Kier molecular flexibility index (Phi) is 4.97. The summed E-state index contributed by atoms with van der Waals surface area (Å²) in [6.45, 7) is 1.39. The van der Waals surface area contributed by atoms with Crippen LogP contribution < -0.4 is 4.74 Å². The number of carbonyl (C=O) groups excluding carboxylic acids is 1. The van der Waals surface area contributed by atoms with Gasteiger partial charge in [0.1, 0.15) is 5.75 Å². The number of hydrogen-bond donors (Lipinski definition) is 0. The van der Waals surface area contributed by atoms with Gasteiger partial charge in [-0.3, -0.25) is 4.79 Å². The number of nitrogens with zero attached hydrogens (tertiary/aromatic N) is 2. The quantitative estimate of drug-likeness (QED) is 0.817. The van der Waals surface area contributed by atoms with Gasteiger partial charge in [-0.2, -0.15) is 5.26 Å². The second-order valence-electron chi connectivity index (χ2n) is 4.83. The fraction of sp³-hybridized carbons (Fsp3) is 0.467. The van der Waals surface area contributed by atoms with Crippen molar-refractivity contribution in [2.45, 2.75) is 18.9 Å². The van der Waals surface area contributed by atoms with Gasteiger partial charge in [0.25, 0.3) is 5.91 Å². The first-order valence-corrected chi connectivity index (χ1v) is 6.67. The summed E-state index contributed by atoms with van der Waals surface area (Å²) in [4.78, 5) is 13.6. The summed E-state index contributed by atoms with van der Waals surface area (Å²) in [5, 5.41) is 8.69.